The number of unbranched alkanes of at least 4 members (excludes halogenated alkanes) is 1. The van der Waals surface area contributed by atoms with Gasteiger partial charge >= 0.3 is 0 Å². The Morgan fingerprint density at radius 2 is 1.80 bits per heavy atom. The van der Waals surface area contributed by atoms with E-state index >= 15 is 0 Å². The summed E-state index contributed by atoms with van der Waals surface area (Å²) in [6.45, 7) is 8.33. The topological polar surface area (TPSA) is 49.4 Å². The van der Waals surface area contributed by atoms with Gasteiger partial charge in [-0.1, -0.05) is 44.9 Å². The fraction of sp³-hybridized carbons (Fsp3) is 0.440. The average Bonchev–Trinajstić information content (AvgIpc) is 3.10. The number of benzene rings is 2. The third-order valence-corrected chi connectivity index (χ3v) is 6.80. The molecule has 3 rings (SSSR count). The quantitative estimate of drug-likeness (QED) is 0.546. The highest BCUT2D eigenvalue weighted by Crippen LogP contribution is 2.42. The Hall–Kier alpha value is -2.27. The molecule has 2 aromatic carbocycles. The van der Waals surface area contributed by atoms with Crippen LogP contribution in [0.4, 0.5) is 11.4 Å². The molecule has 30 heavy (non-hydrogen) atoms. The van der Waals surface area contributed by atoms with Crippen molar-refractivity contribution in [3.05, 3.63) is 59.2 Å². The van der Waals surface area contributed by atoms with Crippen molar-refractivity contribution in [1.29, 1.82) is 0 Å². The second kappa shape index (κ2) is 10.2. The first-order valence-corrected chi connectivity index (χ1v) is 11.9. The number of anilines is 2. The number of hydrogen-bond acceptors (Lipinski definition) is 3. The highest BCUT2D eigenvalue weighted by atomic mass is 32.2. The van der Waals surface area contributed by atoms with Crippen molar-refractivity contribution in [2.75, 3.05) is 16.0 Å². The van der Waals surface area contributed by atoms with Gasteiger partial charge in [0.1, 0.15) is 5.37 Å². The summed E-state index contributed by atoms with van der Waals surface area (Å²) in [7, 11) is 0. The van der Waals surface area contributed by atoms with Gasteiger partial charge in [0.05, 0.1) is 5.75 Å². The summed E-state index contributed by atoms with van der Waals surface area (Å²) in [6.07, 6.45) is 3.97. The van der Waals surface area contributed by atoms with E-state index in [1.807, 2.05) is 29.2 Å². The molecule has 4 nitrogen and oxygen atoms in total. The molecule has 2 amide bonds. The fourth-order valence-corrected chi connectivity index (χ4v) is 5.16. The van der Waals surface area contributed by atoms with Crippen molar-refractivity contribution in [3.8, 4) is 0 Å². The van der Waals surface area contributed by atoms with Gasteiger partial charge in [0.2, 0.25) is 11.8 Å². The highest BCUT2D eigenvalue weighted by Gasteiger charge is 2.34. The molecule has 0 saturated carbocycles. The summed E-state index contributed by atoms with van der Waals surface area (Å²) in [5.41, 5.74) is 5.14. The van der Waals surface area contributed by atoms with Crippen LogP contribution >= 0.6 is 11.8 Å². The highest BCUT2D eigenvalue weighted by molar-refractivity contribution is 8.00. The van der Waals surface area contributed by atoms with Gasteiger partial charge in [-0.05, 0) is 67.6 Å². The van der Waals surface area contributed by atoms with Crippen LogP contribution in [0.15, 0.2) is 42.5 Å². The van der Waals surface area contributed by atoms with Crippen LogP contribution in [0, 0.1) is 19.8 Å². The molecule has 0 aromatic heterocycles. The van der Waals surface area contributed by atoms with Gasteiger partial charge in [0, 0.05) is 17.3 Å². The predicted octanol–water partition coefficient (Wildman–Crippen LogP) is 6.24. The lowest BCUT2D eigenvalue weighted by Crippen LogP contribution is -2.28. The number of nitrogens with zero attached hydrogens (tertiary/aromatic N) is 1. The van der Waals surface area contributed by atoms with Crippen LogP contribution < -0.4 is 10.2 Å². The van der Waals surface area contributed by atoms with Gasteiger partial charge in [-0.3, -0.25) is 14.5 Å². The fourth-order valence-electron chi connectivity index (χ4n) is 3.99. The van der Waals surface area contributed by atoms with Crippen LogP contribution in [0.5, 0.6) is 0 Å². The summed E-state index contributed by atoms with van der Waals surface area (Å²) in [5, 5.41) is 3.01. The van der Waals surface area contributed by atoms with E-state index in [-0.39, 0.29) is 23.1 Å². The number of hydrogen-bond donors (Lipinski definition) is 1. The minimum atomic E-state index is -0.0450. The average molecular weight is 425 g/mol. The van der Waals surface area contributed by atoms with Gasteiger partial charge in [-0.15, -0.1) is 11.8 Å². The first kappa shape index (κ1) is 22.4. The van der Waals surface area contributed by atoms with E-state index < -0.39 is 0 Å². The molecule has 1 aliphatic rings. The Labute approximate surface area is 184 Å². The Kier molecular flexibility index (Phi) is 7.59. The second-order valence-corrected chi connectivity index (χ2v) is 9.20. The second-order valence-electron chi connectivity index (χ2n) is 8.13. The number of amides is 2. The van der Waals surface area contributed by atoms with E-state index in [4.69, 9.17) is 0 Å². The minimum absolute atomic E-state index is 0.0450. The molecule has 1 heterocycles. The van der Waals surface area contributed by atoms with Gasteiger partial charge in [0.25, 0.3) is 0 Å². The molecule has 1 N–H and O–H groups in total. The van der Waals surface area contributed by atoms with Gasteiger partial charge in [-0.25, -0.2) is 0 Å². The minimum Gasteiger partial charge on any atom is -0.326 e. The van der Waals surface area contributed by atoms with E-state index in [1.54, 1.807) is 11.8 Å². The van der Waals surface area contributed by atoms with Crippen molar-refractivity contribution in [2.45, 2.75) is 58.8 Å². The van der Waals surface area contributed by atoms with Gasteiger partial charge in [-0.2, -0.15) is 0 Å². The maximum absolute atomic E-state index is 12.6. The molecule has 2 atom stereocenters. The standard InChI is InChI=1S/C25H32N2O2S/c1-5-7-8-19(6-2)24(29)26-21-11-9-20(10-12-21)25-27(23(28)16-30-25)22-14-17(3)13-18(4)15-22/h9-15,19,25H,5-8,16H2,1-4H3,(H,26,29). The molecule has 160 valence electrons. The van der Waals surface area contributed by atoms with Crippen LogP contribution in [-0.4, -0.2) is 17.6 Å². The van der Waals surface area contributed by atoms with E-state index in [0.717, 1.165) is 53.7 Å². The molecule has 1 saturated heterocycles. The Morgan fingerprint density at radius 3 is 2.40 bits per heavy atom. The first-order valence-electron chi connectivity index (χ1n) is 10.9. The zero-order valence-corrected chi connectivity index (χ0v) is 19.2. The zero-order valence-electron chi connectivity index (χ0n) is 18.4. The SMILES string of the molecule is CCCCC(CC)C(=O)Nc1ccc(C2SCC(=O)N2c2cc(C)cc(C)c2)cc1. The Bertz CT molecular complexity index is 874. The molecule has 0 aliphatic carbocycles. The monoisotopic (exact) mass is 424 g/mol. The number of rotatable bonds is 8. The number of aryl methyl sites for hydroxylation is 2. The summed E-state index contributed by atoms with van der Waals surface area (Å²) >= 11 is 1.64. The molecule has 0 radical (unpaired) electrons. The summed E-state index contributed by atoms with van der Waals surface area (Å²) < 4.78 is 0. The lowest BCUT2D eigenvalue weighted by Gasteiger charge is -2.25. The third-order valence-electron chi connectivity index (χ3n) is 5.59. The van der Waals surface area contributed by atoms with Gasteiger partial charge < -0.3 is 5.32 Å². The van der Waals surface area contributed by atoms with E-state index in [0.29, 0.717) is 5.75 Å². The maximum Gasteiger partial charge on any atom is 0.238 e. The number of thioether (sulfide) groups is 1. The molecular formula is C25H32N2O2S. The van der Waals surface area contributed by atoms with E-state index in [2.05, 4.69) is 51.2 Å². The summed E-state index contributed by atoms with van der Waals surface area (Å²) in [5.74, 6) is 0.772. The largest absolute Gasteiger partial charge is 0.326 e. The number of carbonyl (C=O) groups is 2. The molecule has 0 spiro atoms. The molecular weight excluding hydrogens is 392 g/mol. The summed E-state index contributed by atoms with van der Waals surface area (Å²) in [6, 6.07) is 14.2. The first-order chi connectivity index (χ1) is 14.4. The smallest absolute Gasteiger partial charge is 0.238 e. The molecule has 0 bridgehead atoms. The number of nitrogens with one attached hydrogen (secondary N) is 1. The van der Waals surface area contributed by atoms with Crippen molar-refractivity contribution in [1.82, 2.24) is 0 Å². The van der Waals surface area contributed by atoms with Gasteiger partial charge in [0.15, 0.2) is 0 Å². The van der Waals surface area contributed by atoms with Crippen molar-refractivity contribution < 1.29 is 9.59 Å². The lowest BCUT2D eigenvalue weighted by molar-refractivity contribution is -0.120. The van der Waals surface area contributed by atoms with Crippen molar-refractivity contribution >= 4 is 35.0 Å². The van der Waals surface area contributed by atoms with E-state index in [9.17, 15) is 9.59 Å². The normalized spacial score (nSPS) is 17.3. The molecule has 2 aromatic rings. The molecule has 5 heteroatoms. The molecule has 2 unspecified atom stereocenters. The van der Waals surface area contributed by atoms with Crippen LogP contribution in [-0.2, 0) is 9.59 Å². The van der Waals surface area contributed by atoms with Crippen molar-refractivity contribution in [3.63, 3.8) is 0 Å². The molecule has 1 fully saturated rings. The van der Waals surface area contributed by atoms with Crippen molar-refractivity contribution in [2.24, 2.45) is 5.92 Å². The lowest BCUT2D eigenvalue weighted by atomic mass is 9.98. The summed E-state index contributed by atoms with van der Waals surface area (Å²) in [4.78, 5) is 27.1. The zero-order chi connectivity index (χ0) is 21.7. The molecule has 1 aliphatic heterocycles. The Balaban J connectivity index is 1.74. The van der Waals surface area contributed by atoms with Crippen LogP contribution in [0.2, 0.25) is 0 Å². The predicted molar refractivity (Wildman–Crippen MR) is 127 cm³/mol. The third kappa shape index (κ3) is 5.25. The van der Waals surface area contributed by atoms with Crippen LogP contribution in [0.3, 0.4) is 0 Å². The maximum atomic E-state index is 12.6. The van der Waals surface area contributed by atoms with Crippen LogP contribution in [0.1, 0.15) is 61.6 Å². The van der Waals surface area contributed by atoms with Crippen LogP contribution in [0.25, 0.3) is 0 Å². The van der Waals surface area contributed by atoms with E-state index in [1.165, 1.54) is 0 Å². The number of carbonyl (C=O) groups excluding carboxylic acids is 2. The Morgan fingerprint density at radius 1 is 1.13 bits per heavy atom.